The molecule has 1 atom stereocenters. The van der Waals surface area contributed by atoms with Crippen molar-refractivity contribution in [2.45, 2.75) is 25.2 Å². The molecule has 1 unspecified atom stereocenters. The van der Waals surface area contributed by atoms with Crippen molar-refractivity contribution in [3.63, 3.8) is 0 Å². The van der Waals surface area contributed by atoms with Gasteiger partial charge in [-0.05, 0) is 34.8 Å². The van der Waals surface area contributed by atoms with Gasteiger partial charge in [-0.3, -0.25) is 4.79 Å². The Hall–Kier alpha value is -0.520. The molecule has 5 heteroatoms. The highest BCUT2D eigenvalue weighted by Gasteiger charge is 2.40. The Labute approximate surface area is 128 Å². The molecule has 1 aliphatic carbocycles. The molecule has 0 amide bonds. The minimum absolute atomic E-state index is 0.199. The summed E-state index contributed by atoms with van der Waals surface area (Å²) >= 11 is 7.19. The van der Waals surface area contributed by atoms with E-state index in [0.717, 1.165) is 28.6 Å². The molecule has 0 fully saturated rings. The number of halogens is 1. The molecule has 1 N–H and O–H groups in total. The maximum atomic E-state index is 12.3. The summed E-state index contributed by atoms with van der Waals surface area (Å²) in [6, 6.07) is 2.17. The Kier molecular flexibility index (Phi) is 2.90. The number of nitrogens with one attached hydrogen (secondary N) is 1. The second-order valence-electron chi connectivity index (χ2n) is 4.98. The van der Waals surface area contributed by atoms with Gasteiger partial charge < -0.3 is 5.32 Å². The van der Waals surface area contributed by atoms with Gasteiger partial charge in [-0.1, -0.05) is 0 Å². The van der Waals surface area contributed by atoms with E-state index < -0.39 is 0 Å². The summed E-state index contributed by atoms with van der Waals surface area (Å²) < 4.78 is 1.11. The van der Waals surface area contributed by atoms with Crippen molar-refractivity contribution in [1.82, 2.24) is 5.32 Å². The standard InChI is InChI=1S/C14H12BrNOS2/c15-7-5-11(19-6-7)13-12-8(1-2-10(12)17)16-9-3-4-18-14(9)13/h5-6,13,16H,1-4H2. The number of Topliss-reactive ketones (excluding diaryl/α,β-unsaturated/α-hetero) is 1. The van der Waals surface area contributed by atoms with Crippen LogP contribution in [-0.4, -0.2) is 11.5 Å². The van der Waals surface area contributed by atoms with Crippen LogP contribution in [0.5, 0.6) is 0 Å². The Morgan fingerprint density at radius 1 is 1.26 bits per heavy atom. The molecule has 2 aliphatic heterocycles. The predicted molar refractivity (Wildman–Crippen MR) is 83.3 cm³/mol. The summed E-state index contributed by atoms with van der Waals surface area (Å²) in [7, 11) is 0. The third-order valence-electron chi connectivity index (χ3n) is 3.86. The van der Waals surface area contributed by atoms with Gasteiger partial charge in [-0.2, -0.15) is 0 Å². The van der Waals surface area contributed by atoms with Gasteiger partial charge in [0.25, 0.3) is 0 Å². The Morgan fingerprint density at radius 3 is 2.95 bits per heavy atom. The topological polar surface area (TPSA) is 29.1 Å². The van der Waals surface area contributed by atoms with Crippen molar-refractivity contribution in [2.75, 3.05) is 5.75 Å². The highest BCUT2D eigenvalue weighted by atomic mass is 79.9. The van der Waals surface area contributed by atoms with Gasteiger partial charge in [0, 0.05) is 48.8 Å². The monoisotopic (exact) mass is 353 g/mol. The maximum Gasteiger partial charge on any atom is 0.162 e. The number of carbonyl (C=O) groups is 1. The van der Waals surface area contributed by atoms with Crippen LogP contribution in [0.15, 0.2) is 37.8 Å². The molecule has 3 heterocycles. The molecule has 0 aromatic carbocycles. The first-order valence-corrected chi connectivity index (χ1v) is 9.03. The van der Waals surface area contributed by atoms with Crippen LogP contribution in [0.1, 0.15) is 30.1 Å². The van der Waals surface area contributed by atoms with Crippen LogP contribution in [0.25, 0.3) is 0 Å². The van der Waals surface area contributed by atoms with Crippen molar-refractivity contribution in [1.29, 1.82) is 0 Å². The molecular formula is C14H12BrNOS2. The summed E-state index contributed by atoms with van der Waals surface area (Å²) in [5.74, 6) is 1.66. The fourth-order valence-corrected chi connectivity index (χ4v) is 5.96. The number of hydrogen-bond donors (Lipinski definition) is 1. The normalized spacial score (nSPS) is 25.7. The SMILES string of the molecule is O=C1CCC2=C1C(c1cc(Br)cs1)C1=C(CCS1)N2. The summed E-state index contributed by atoms with van der Waals surface area (Å²) in [6.07, 6.45) is 2.67. The molecule has 1 aromatic heterocycles. The van der Waals surface area contributed by atoms with Crippen molar-refractivity contribution in [2.24, 2.45) is 0 Å². The number of carbonyl (C=O) groups excluding carboxylic acids is 1. The minimum atomic E-state index is 0.199. The van der Waals surface area contributed by atoms with E-state index >= 15 is 0 Å². The first kappa shape index (κ1) is 12.2. The number of hydrogen-bond acceptors (Lipinski definition) is 4. The van der Waals surface area contributed by atoms with E-state index in [0.29, 0.717) is 12.2 Å². The number of thiophene rings is 1. The molecule has 0 radical (unpaired) electrons. The van der Waals surface area contributed by atoms with Gasteiger partial charge in [0.2, 0.25) is 0 Å². The van der Waals surface area contributed by atoms with Crippen LogP contribution < -0.4 is 5.32 Å². The largest absolute Gasteiger partial charge is 0.361 e. The molecule has 19 heavy (non-hydrogen) atoms. The lowest BCUT2D eigenvalue weighted by atomic mass is 9.91. The molecule has 4 rings (SSSR count). The smallest absolute Gasteiger partial charge is 0.162 e. The van der Waals surface area contributed by atoms with Crippen LogP contribution in [-0.2, 0) is 4.79 Å². The Bertz CT molecular complexity index is 644. The van der Waals surface area contributed by atoms with Crippen LogP contribution in [0.4, 0.5) is 0 Å². The average Bonchev–Trinajstić information content (AvgIpc) is 3.08. The minimum Gasteiger partial charge on any atom is -0.361 e. The quantitative estimate of drug-likeness (QED) is 0.821. The highest BCUT2D eigenvalue weighted by molar-refractivity contribution is 9.10. The predicted octanol–water partition coefficient (Wildman–Crippen LogP) is 4.16. The molecular weight excluding hydrogens is 342 g/mol. The van der Waals surface area contributed by atoms with E-state index in [1.54, 1.807) is 11.3 Å². The van der Waals surface area contributed by atoms with Crippen LogP contribution in [0.2, 0.25) is 0 Å². The van der Waals surface area contributed by atoms with Crippen molar-refractivity contribution in [3.05, 3.63) is 42.7 Å². The number of ketones is 1. The highest BCUT2D eigenvalue weighted by Crippen LogP contribution is 2.51. The first-order chi connectivity index (χ1) is 9.24. The lowest BCUT2D eigenvalue weighted by molar-refractivity contribution is -0.115. The van der Waals surface area contributed by atoms with E-state index in [4.69, 9.17) is 0 Å². The molecule has 0 bridgehead atoms. The third kappa shape index (κ3) is 1.86. The maximum absolute atomic E-state index is 12.3. The lowest BCUT2D eigenvalue weighted by Crippen LogP contribution is -2.23. The van der Waals surface area contributed by atoms with Gasteiger partial charge in [0.15, 0.2) is 5.78 Å². The van der Waals surface area contributed by atoms with Crippen LogP contribution in [0.3, 0.4) is 0 Å². The summed E-state index contributed by atoms with van der Waals surface area (Å²) in [5, 5.41) is 5.63. The second-order valence-corrected chi connectivity index (χ2v) is 7.98. The van der Waals surface area contributed by atoms with Crippen LogP contribution >= 0.6 is 39.0 Å². The van der Waals surface area contributed by atoms with E-state index in [-0.39, 0.29) is 5.92 Å². The number of rotatable bonds is 1. The number of allylic oxidation sites excluding steroid dienone is 4. The van der Waals surface area contributed by atoms with Gasteiger partial charge in [-0.15, -0.1) is 23.1 Å². The van der Waals surface area contributed by atoms with E-state index in [2.05, 4.69) is 32.7 Å². The fraction of sp³-hybridized carbons (Fsp3) is 0.357. The van der Waals surface area contributed by atoms with Crippen molar-refractivity contribution >= 4 is 44.8 Å². The summed E-state index contributed by atoms with van der Waals surface area (Å²) in [4.78, 5) is 14.9. The summed E-state index contributed by atoms with van der Waals surface area (Å²) in [6.45, 7) is 0. The Morgan fingerprint density at radius 2 is 2.16 bits per heavy atom. The molecule has 1 aromatic rings. The summed E-state index contributed by atoms with van der Waals surface area (Å²) in [5.41, 5.74) is 3.57. The van der Waals surface area contributed by atoms with Gasteiger partial charge >= 0.3 is 0 Å². The zero-order valence-electron chi connectivity index (χ0n) is 10.2. The number of dihydropyridines is 1. The van der Waals surface area contributed by atoms with E-state index in [1.165, 1.54) is 21.2 Å². The van der Waals surface area contributed by atoms with Gasteiger partial charge in [-0.25, -0.2) is 0 Å². The zero-order chi connectivity index (χ0) is 13.0. The van der Waals surface area contributed by atoms with E-state index in [1.807, 2.05) is 11.8 Å². The second kappa shape index (κ2) is 4.50. The first-order valence-electron chi connectivity index (χ1n) is 6.37. The fourth-order valence-electron chi connectivity index (χ4n) is 3.06. The molecule has 0 saturated heterocycles. The van der Waals surface area contributed by atoms with Crippen molar-refractivity contribution < 1.29 is 4.79 Å². The number of thioether (sulfide) groups is 1. The Balaban J connectivity index is 1.87. The lowest BCUT2D eigenvalue weighted by Gasteiger charge is -2.26. The van der Waals surface area contributed by atoms with Gasteiger partial charge in [0.1, 0.15) is 0 Å². The molecule has 0 spiro atoms. The zero-order valence-corrected chi connectivity index (χ0v) is 13.4. The molecule has 0 saturated carbocycles. The molecule has 98 valence electrons. The molecule has 2 nitrogen and oxygen atoms in total. The van der Waals surface area contributed by atoms with Crippen molar-refractivity contribution in [3.8, 4) is 0 Å². The average molecular weight is 354 g/mol. The van der Waals surface area contributed by atoms with Gasteiger partial charge in [0.05, 0.1) is 5.92 Å². The molecule has 3 aliphatic rings. The third-order valence-corrected chi connectivity index (χ3v) is 6.82. The van der Waals surface area contributed by atoms with E-state index in [9.17, 15) is 4.79 Å². The van der Waals surface area contributed by atoms with Crippen LogP contribution in [0, 0.1) is 0 Å².